The third kappa shape index (κ3) is 2.69. The molecule has 0 aliphatic carbocycles. The third-order valence-electron chi connectivity index (χ3n) is 4.32. The van der Waals surface area contributed by atoms with Crippen LogP contribution in [0.25, 0.3) is 22.6 Å². The van der Waals surface area contributed by atoms with Gasteiger partial charge in [-0.15, -0.1) is 0 Å². The predicted octanol–water partition coefficient (Wildman–Crippen LogP) is 3.01. The molecule has 1 aromatic carbocycles. The Kier molecular flexibility index (Phi) is 3.85. The van der Waals surface area contributed by atoms with Crippen LogP contribution in [0.5, 0.6) is 0 Å². The van der Waals surface area contributed by atoms with Crippen molar-refractivity contribution in [3.63, 3.8) is 0 Å². The Bertz CT molecular complexity index is 1260. The fourth-order valence-electron chi connectivity index (χ4n) is 3.06. The number of nitrogens with zero attached hydrogens (tertiary/aromatic N) is 5. The zero-order chi connectivity index (χ0) is 19.1. The second kappa shape index (κ2) is 6.21. The molecule has 0 saturated carbocycles. The van der Waals surface area contributed by atoms with Gasteiger partial charge in [-0.3, -0.25) is 9.89 Å². The number of hydrogen-bond acceptors (Lipinski definition) is 4. The van der Waals surface area contributed by atoms with Gasteiger partial charge in [0, 0.05) is 23.5 Å². The van der Waals surface area contributed by atoms with E-state index in [9.17, 15) is 14.4 Å². The van der Waals surface area contributed by atoms with E-state index in [2.05, 4.69) is 15.2 Å². The van der Waals surface area contributed by atoms with E-state index in [0.29, 0.717) is 22.5 Å². The number of nitrogens with one attached hydrogen (secondary N) is 1. The van der Waals surface area contributed by atoms with Crippen molar-refractivity contribution in [1.29, 1.82) is 5.26 Å². The summed E-state index contributed by atoms with van der Waals surface area (Å²) in [5.74, 6) is -0.459. The summed E-state index contributed by atoms with van der Waals surface area (Å²) in [6.07, 6.45) is 4.72. The van der Waals surface area contributed by atoms with Crippen LogP contribution in [0.4, 0.5) is 4.39 Å². The fraction of sp³-hybridized carbons (Fsp3) is 0.158. The quantitative estimate of drug-likeness (QED) is 0.606. The molecule has 4 rings (SSSR count). The average Bonchev–Trinajstić information content (AvgIpc) is 3.28. The average molecular weight is 362 g/mol. The van der Waals surface area contributed by atoms with Crippen molar-refractivity contribution in [1.82, 2.24) is 24.4 Å². The molecular formula is C19H15FN6O. The van der Waals surface area contributed by atoms with Crippen molar-refractivity contribution >= 4 is 5.65 Å². The number of rotatable bonds is 3. The number of hydrogen-bond donors (Lipinski definition) is 1. The Labute approximate surface area is 153 Å². The molecule has 134 valence electrons. The monoisotopic (exact) mass is 362 g/mol. The molecule has 27 heavy (non-hydrogen) atoms. The second-order valence-electron chi connectivity index (χ2n) is 6.45. The molecule has 0 aliphatic rings. The number of nitriles is 1. The molecule has 0 atom stereocenters. The maximum Gasteiger partial charge on any atom is 0.276 e. The van der Waals surface area contributed by atoms with Gasteiger partial charge in [-0.1, -0.05) is 19.9 Å². The highest BCUT2D eigenvalue weighted by atomic mass is 19.1. The molecule has 0 aliphatic heterocycles. The number of H-pyrrole nitrogens is 1. The Morgan fingerprint density at radius 1 is 1.33 bits per heavy atom. The summed E-state index contributed by atoms with van der Waals surface area (Å²) in [7, 11) is 0. The molecule has 0 radical (unpaired) electrons. The maximum absolute atomic E-state index is 13.5. The first-order chi connectivity index (χ1) is 13.0. The molecule has 0 saturated heterocycles. The molecule has 7 nitrogen and oxygen atoms in total. The number of aromatic amines is 1. The van der Waals surface area contributed by atoms with Crippen LogP contribution in [0.15, 0.2) is 47.7 Å². The molecule has 0 fully saturated rings. The Morgan fingerprint density at radius 3 is 2.85 bits per heavy atom. The lowest BCUT2D eigenvalue weighted by atomic mass is 10.00. The van der Waals surface area contributed by atoms with Gasteiger partial charge in [0.05, 0.1) is 17.6 Å². The number of aromatic nitrogens is 5. The van der Waals surface area contributed by atoms with Crippen LogP contribution in [-0.2, 0) is 0 Å². The number of fused-ring (bicyclic) bond motifs is 1. The van der Waals surface area contributed by atoms with Gasteiger partial charge in [-0.25, -0.2) is 18.6 Å². The molecule has 0 spiro atoms. The van der Waals surface area contributed by atoms with Gasteiger partial charge in [-0.2, -0.15) is 10.4 Å². The van der Waals surface area contributed by atoms with Gasteiger partial charge in [0.15, 0.2) is 5.65 Å². The third-order valence-corrected chi connectivity index (χ3v) is 4.32. The molecule has 0 unspecified atom stereocenters. The van der Waals surface area contributed by atoms with Crippen molar-refractivity contribution in [2.75, 3.05) is 0 Å². The van der Waals surface area contributed by atoms with Crippen LogP contribution in [0.3, 0.4) is 0 Å². The minimum atomic E-state index is -0.365. The van der Waals surface area contributed by atoms with Crippen LogP contribution in [-0.4, -0.2) is 24.4 Å². The molecule has 8 heteroatoms. The van der Waals surface area contributed by atoms with Crippen molar-refractivity contribution < 1.29 is 4.39 Å². The summed E-state index contributed by atoms with van der Waals surface area (Å²) in [5, 5.41) is 16.3. The van der Waals surface area contributed by atoms with Crippen LogP contribution in [0, 0.1) is 17.1 Å². The van der Waals surface area contributed by atoms with Crippen molar-refractivity contribution in [2.24, 2.45) is 0 Å². The summed E-state index contributed by atoms with van der Waals surface area (Å²) < 4.78 is 16.3. The highest BCUT2D eigenvalue weighted by Crippen LogP contribution is 2.26. The zero-order valence-corrected chi connectivity index (χ0v) is 14.6. The molecule has 3 aromatic heterocycles. The molecule has 0 amide bonds. The lowest BCUT2D eigenvalue weighted by Crippen LogP contribution is -2.22. The van der Waals surface area contributed by atoms with Crippen LogP contribution >= 0.6 is 0 Å². The SMILES string of the molecule is CC(C)c1c(-c2cnn(-c3cccc(F)c3)c2)nc2c(C#N)c[nH]n2c1=O. The Morgan fingerprint density at radius 2 is 2.15 bits per heavy atom. The number of halogens is 1. The first-order valence-corrected chi connectivity index (χ1v) is 8.34. The van der Waals surface area contributed by atoms with E-state index < -0.39 is 0 Å². The van der Waals surface area contributed by atoms with Crippen LogP contribution in [0.2, 0.25) is 0 Å². The van der Waals surface area contributed by atoms with E-state index in [1.807, 2.05) is 19.9 Å². The summed E-state index contributed by atoms with van der Waals surface area (Å²) in [5.41, 5.74) is 2.44. The minimum absolute atomic E-state index is 0.0942. The van der Waals surface area contributed by atoms with Gasteiger partial charge in [0.25, 0.3) is 5.56 Å². The Hall–Kier alpha value is -3.73. The minimum Gasteiger partial charge on any atom is -0.295 e. The molecule has 1 N–H and O–H groups in total. The van der Waals surface area contributed by atoms with Crippen molar-refractivity contribution in [3.05, 3.63) is 70.2 Å². The first-order valence-electron chi connectivity index (χ1n) is 8.34. The van der Waals surface area contributed by atoms with Gasteiger partial charge in [-0.05, 0) is 24.1 Å². The van der Waals surface area contributed by atoms with Gasteiger partial charge in [0.1, 0.15) is 17.4 Å². The van der Waals surface area contributed by atoms with Gasteiger partial charge < -0.3 is 0 Å². The van der Waals surface area contributed by atoms with E-state index in [-0.39, 0.29) is 28.5 Å². The van der Waals surface area contributed by atoms with E-state index in [4.69, 9.17) is 0 Å². The fourth-order valence-corrected chi connectivity index (χ4v) is 3.06. The standard InChI is InChI=1S/C19H15FN6O/c1-11(2)16-17(24-18-12(7-21)8-23-26(18)19(16)27)13-9-22-25(10-13)15-5-3-4-14(20)6-15/h3-6,8-11,23H,1-2H3. The summed E-state index contributed by atoms with van der Waals surface area (Å²) in [6, 6.07) is 8.08. The van der Waals surface area contributed by atoms with Crippen molar-refractivity contribution in [2.45, 2.75) is 19.8 Å². The molecular weight excluding hydrogens is 347 g/mol. The van der Waals surface area contributed by atoms with E-state index in [1.165, 1.54) is 27.5 Å². The second-order valence-corrected chi connectivity index (χ2v) is 6.45. The molecule has 3 heterocycles. The highest BCUT2D eigenvalue weighted by Gasteiger charge is 2.21. The lowest BCUT2D eigenvalue weighted by Gasteiger charge is -2.10. The molecule has 0 bridgehead atoms. The smallest absolute Gasteiger partial charge is 0.276 e. The Balaban J connectivity index is 1.95. The van der Waals surface area contributed by atoms with Crippen molar-refractivity contribution in [3.8, 4) is 23.0 Å². The van der Waals surface area contributed by atoms with Crippen LogP contribution in [0.1, 0.15) is 30.9 Å². The van der Waals surface area contributed by atoms with Gasteiger partial charge >= 0.3 is 0 Å². The van der Waals surface area contributed by atoms with E-state index in [0.717, 1.165) is 0 Å². The topological polar surface area (TPSA) is 91.8 Å². The number of benzene rings is 1. The zero-order valence-electron chi connectivity index (χ0n) is 14.6. The largest absolute Gasteiger partial charge is 0.295 e. The van der Waals surface area contributed by atoms with E-state index in [1.54, 1.807) is 24.5 Å². The summed E-state index contributed by atoms with van der Waals surface area (Å²) in [6.45, 7) is 3.80. The normalized spacial score (nSPS) is 11.2. The highest BCUT2D eigenvalue weighted by molar-refractivity contribution is 5.67. The molecule has 4 aromatic rings. The summed E-state index contributed by atoms with van der Waals surface area (Å²) >= 11 is 0. The van der Waals surface area contributed by atoms with E-state index >= 15 is 0 Å². The van der Waals surface area contributed by atoms with Gasteiger partial charge in [0.2, 0.25) is 0 Å². The maximum atomic E-state index is 13.5. The van der Waals surface area contributed by atoms with Crippen LogP contribution < -0.4 is 5.56 Å². The first kappa shape index (κ1) is 16.7. The lowest BCUT2D eigenvalue weighted by molar-refractivity contribution is 0.625. The predicted molar refractivity (Wildman–Crippen MR) is 97.1 cm³/mol. The summed E-state index contributed by atoms with van der Waals surface area (Å²) in [4.78, 5) is 17.5.